The van der Waals surface area contributed by atoms with E-state index in [1.807, 2.05) is 11.0 Å². The molecule has 0 spiro atoms. The third-order valence-corrected chi connectivity index (χ3v) is 5.94. The number of piperidine rings is 1. The summed E-state index contributed by atoms with van der Waals surface area (Å²) in [6.45, 7) is 3.57. The van der Waals surface area contributed by atoms with Gasteiger partial charge in [-0.1, -0.05) is 18.9 Å². The highest BCUT2D eigenvalue weighted by molar-refractivity contribution is 5.50. The third-order valence-electron chi connectivity index (χ3n) is 5.94. The minimum absolute atomic E-state index is 0.255. The Morgan fingerprint density at radius 1 is 1.03 bits per heavy atom. The monoisotopic (exact) mass is 430 g/mol. The van der Waals surface area contributed by atoms with E-state index in [0.717, 1.165) is 31.5 Å². The second kappa shape index (κ2) is 10.1. The van der Waals surface area contributed by atoms with Crippen LogP contribution < -0.4 is 19.9 Å². The molecular formula is C22H31FN6O2. The van der Waals surface area contributed by atoms with E-state index >= 15 is 0 Å². The Kier molecular flexibility index (Phi) is 7.01. The number of benzene rings is 1. The molecule has 168 valence electrons. The van der Waals surface area contributed by atoms with Gasteiger partial charge in [0.15, 0.2) is 0 Å². The van der Waals surface area contributed by atoms with Crippen LogP contribution in [-0.4, -0.2) is 59.5 Å². The van der Waals surface area contributed by atoms with E-state index in [2.05, 4.69) is 25.2 Å². The Labute approximate surface area is 182 Å². The molecule has 2 N–H and O–H groups in total. The molecule has 2 saturated heterocycles. The summed E-state index contributed by atoms with van der Waals surface area (Å²) in [7, 11) is 1.54. The summed E-state index contributed by atoms with van der Waals surface area (Å²) in [5.74, 6) is 0.778. The van der Waals surface area contributed by atoms with E-state index < -0.39 is 0 Å². The number of aliphatic hydroxyl groups excluding tert-OH is 1. The highest BCUT2D eigenvalue weighted by atomic mass is 19.1. The Bertz CT molecular complexity index is 867. The smallest absolute Gasteiger partial charge is 0.322 e. The lowest BCUT2D eigenvalue weighted by Gasteiger charge is -2.31. The van der Waals surface area contributed by atoms with Gasteiger partial charge in [-0.2, -0.15) is 15.0 Å². The van der Waals surface area contributed by atoms with Crippen LogP contribution in [0.2, 0.25) is 0 Å². The molecule has 2 fully saturated rings. The second-order valence-corrected chi connectivity index (χ2v) is 8.20. The molecule has 0 aliphatic carbocycles. The van der Waals surface area contributed by atoms with Crippen LogP contribution >= 0.6 is 0 Å². The van der Waals surface area contributed by atoms with Gasteiger partial charge >= 0.3 is 6.01 Å². The quantitative estimate of drug-likeness (QED) is 0.723. The molecule has 0 radical (unpaired) electrons. The van der Waals surface area contributed by atoms with E-state index in [9.17, 15) is 9.50 Å². The minimum Gasteiger partial charge on any atom is -0.467 e. The van der Waals surface area contributed by atoms with Crippen molar-refractivity contribution < 1.29 is 14.2 Å². The molecule has 3 heterocycles. The molecule has 1 aromatic carbocycles. The molecule has 4 rings (SSSR count). The summed E-state index contributed by atoms with van der Waals surface area (Å²) in [6.07, 6.45) is 5.76. The van der Waals surface area contributed by atoms with Gasteiger partial charge < -0.3 is 25.0 Å². The molecule has 2 aliphatic rings. The molecule has 0 saturated carbocycles. The first-order chi connectivity index (χ1) is 15.1. The summed E-state index contributed by atoms with van der Waals surface area (Å²) in [6, 6.07) is 5.53. The van der Waals surface area contributed by atoms with Crippen molar-refractivity contribution in [2.24, 2.45) is 0 Å². The molecule has 0 bridgehead atoms. The average molecular weight is 431 g/mol. The lowest BCUT2D eigenvalue weighted by molar-refractivity contribution is 0.145. The van der Waals surface area contributed by atoms with Crippen LogP contribution in [0, 0.1) is 5.82 Å². The predicted octanol–water partition coefficient (Wildman–Crippen LogP) is 2.97. The van der Waals surface area contributed by atoms with Crippen molar-refractivity contribution in [3.8, 4) is 6.01 Å². The Morgan fingerprint density at radius 2 is 1.77 bits per heavy atom. The maximum absolute atomic E-state index is 14.7. The summed E-state index contributed by atoms with van der Waals surface area (Å²) in [5, 5.41) is 12.8. The topological polar surface area (TPSA) is 86.6 Å². The summed E-state index contributed by atoms with van der Waals surface area (Å²) in [5.41, 5.74) is 1.38. The van der Waals surface area contributed by atoms with Gasteiger partial charge in [0, 0.05) is 32.7 Å². The highest BCUT2D eigenvalue weighted by Gasteiger charge is 2.20. The number of hydrogen-bond donors (Lipinski definition) is 2. The average Bonchev–Trinajstić information content (AvgIpc) is 3.08. The van der Waals surface area contributed by atoms with Gasteiger partial charge in [0.1, 0.15) is 5.82 Å². The number of ether oxygens (including phenoxy) is 1. The van der Waals surface area contributed by atoms with Gasteiger partial charge in [0.25, 0.3) is 0 Å². The van der Waals surface area contributed by atoms with Crippen LogP contribution in [0.5, 0.6) is 6.01 Å². The maximum Gasteiger partial charge on any atom is 0.322 e. The lowest BCUT2D eigenvalue weighted by Crippen LogP contribution is -2.36. The molecule has 0 amide bonds. The van der Waals surface area contributed by atoms with E-state index in [0.29, 0.717) is 50.1 Å². The second-order valence-electron chi connectivity index (χ2n) is 8.20. The molecule has 8 nitrogen and oxygen atoms in total. The zero-order valence-corrected chi connectivity index (χ0v) is 18.1. The molecule has 1 aromatic heterocycles. The lowest BCUT2D eigenvalue weighted by atomic mass is 10.1. The van der Waals surface area contributed by atoms with Gasteiger partial charge in [0.2, 0.25) is 11.9 Å². The van der Waals surface area contributed by atoms with E-state index in [1.165, 1.54) is 12.8 Å². The fourth-order valence-electron chi connectivity index (χ4n) is 4.13. The van der Waals surface area contributed by atoms with Crippen LogP contribution in [0.25, 0.3) is 0 Å². The van der Waals surface area contributed by atoms with Crippen LogP contribution in [0.1, 0.15) is 44.1 Å². The van der Waals surface area contributed by atoms with Crippen LogP contribution in [0.15, 0.2) is 18.2 Å². The van der Waals surface area contributed by atoms with Gasteiger partial charge in [-0.3, -0.25) is 0 Å². The minimum atomic E-state index is -0.278. The largest absolute Gasteiger partial charge is 0.467 e. The van der Waals surface area contributed by atoms with Crippen molar-refractivity contribution in [3.63, 3.8) is 0 Å². The fourth-order valence-corrected chi connectivity index (χ4v) is 4.13. The number of methoxy groups -OCH3 is 1. The summed E-state index contributed by atoms with van der Waals surface area (Å²) < 4.78 is 20.0. The number of nitrogens with zero attached hydrogens (tertiary/aromatic N) is 5. The van der Waals surface area contributed by atoms with Gasteiger partial charge in [-0.15, -0.1) is 0 Å². The zero-order chi connectivity index (χ0) is 21.6. The number of nitrogens with one attached hydrogen (secondary N) is 1. The van der Waals surface area contributed by atoms with Crippen LogP contribution in [-0.2, 0) is 6.54 Å². The highest BCUT2D eigenvalue weighted by Crippen LogP contribution is 2.25. The van der Waals surface area contributed by atoms with Crippen molar-refractivity contribution in [1.29, 1.82) is 0 Å². The van der Waals surface area contributed by atoms with Crippen molar-refractivity contribution in [1.82, 2.24) is 15.0 Å². The summed E-state index contributed by atoms with van der Waals surface area (Å²) >= 11 is 0. The van der Waals surface area contributed by atoms with Gasteiger partial charge in [0.05, 0.1) is 18.9 Å². The number of anilines is 3. The first-order valence-corrected chi connectivity index (χ1v) is 11.1. The Hall–Kier alpha value is -2.68. The normalized spacial score (nSPS) is 18.0. The Balaban J connectivity index is 1.43. The molecule has 0 unspecified atom stereocenters. The van der Waals surface area contributed by atoms with E-state index in [1.54, 1.807) is 19.2 Å². The molecule has 9 heteroatoms. The van der Waals surface area contributed by atoms with Gasteiger partial charge in [-0.25, -0.2) is 4.39 Å². The SMILES string of the molecule is COc1nc(NCc2ccc(N3CCC(O)CC3)c(F)c2)nc(N2CCCCCC2)n1. The molecule has 31 heavy (non-hydrogen) atoms. The van der Waals surface area contributed by atoms with E-state index in [4.69, 9.17) is 4.74 Å². The zero-order valence-electron chi connectivity index (χ0n) is 18.1. The first kappa shape index (κ1) is 21.5. The van der Waals surface area contributed by atoms with Crippen LogP contribution in [0.4, 0.5) is 22.0 Å². The van der Waals surface area contributed by atoms with Crippen molar-refractivity contribution in [2.75, 3.05) is 48.4 Å². The first-order valence-electron chi connectivity index (χ1n) is 11.1. The Morgan fingerprint density at radius 3 is 2.45 bits per heavy atom. The maximum atomic E-state index is 14.7. The number of rotatable bonds is 6. The standard InChI is InChI=1S/C22H31FN6O2/c1-31-22-26-20(25-21(27-22)29-10-4-2-3-5-11-29)24-15-16-6-7-19(18(23)14-16)28-12-8-17(30)9-13-28/h6-7,14,17,30H,2-5,8-13,15H2,1H3,(H,24,25,26,27). The molecule has 2 aliphatic heterocycles. The van der Waals surface area contributed by atoms with Crippen LogP contribution in [0.3, 0.4) is 0 Å². The number of halogens is 1. The van der Waals surface area contributed by atoms with Crippen molar-refractivity contribution >= 4 is 17.6 Å². The molecule has 0 atom stereocenters. The predicted molar refractivity (Wildman–Crippen MR) is 118 cm³/mol. The van der Waals surface area contributed by atoms with E-state index in [-0.39, 0.29) is 17.9 Å². The number of hydrogen-bond acceptors (Lipinski definition) is 8. The third kappa shape index (κ3) is 5.52. The number of aliphatic hydroxyl groups is 1. The van der Waals surface area contributed by atoms with Crippen molar-refractivity contribution in [2.45, 2.75) is 51.2 Å². The number of aromatic nitrogens is 3. The van der Waals surface area contributed by atoms with Crippen molar-refractivity contribution in [3.05, 3.63) is 29.6 Å². The van der Waals surface area contributed by atoms with Gasteiger partial charge in [-0.05, 0) is 43.4 Å². The fraction of sp³-hybridized carbons (Fsp3) is 0.591. The summed E-state index contributed by atoms with van der Waals surface area (Å²) in [4.78, 5) is 17.4. The molecular weight excluding hydrogens is 399 g/mol. The molecule has 2 aromatic rings.